The van der Waals surface area contributed by atoms with Gasteiger partial charge >= 0.3 is 0 Å². The molecule has 112 valence electrons. The van der Waals surface area contributed by atoms with E-state index in [0.717, 1.165) is 25.6 Å². The smallest absolute Gasteiger partial charge is 0.103 e. The third kappa shape index (κ3) is 3.36. The second-order valence-corrected chi connectivity index (χ2v) is 6.21. The summed E-state index contributed by atoms with van der Waals surface area (Å²) in [5.74, 6) is 0.793. The van der Waals surface area contributed by atoms with Gasteiger partial charge in [0.2, 0.25) is 0 Å². The zero-order chi connectivity index (χ0) is 13.1. The van der Waals surface area contributed by atoms with Crippen molar-refractivity contribution in [2.24, 2.45) is 0 Å². The molecule has 2 fully saturated rings. The van der Waals surface area contributed by atoms with Gasteiger partial charge in [-0.25, -0.2) is 0 Å². The minimum Gasteiger partial charge on any atom is -0.368 e. The van der Waals surface area contributed by atoms with Crippen molar-refractivity contribution in [2.75, 3.05) is 19.7 Å². The van der Waals surface area contributed by atoms with Crippen LogP contribution in [0, 0.1) is 0 Å². The van der Waals surface area contributed by atoms with Gasteiger partial charge in [-0.2, -0.15) is 0 Å². The summed E-state index contributed by atoms with van der Waals surface area (Å²) in [5.41, 5.74) is 2.68. The third-order valence-electron chi connectivity index (χ3n) is 4.76. The van der Waals surface area contributed by atoms with Gasteiger partial charge in [0.25, 0.3) is 0 Å². The van der Waals surface area contributed by atoms with Crippen molar-refractivity contribution in [3.8, 4) is 0 Å². The van der Waals surface area contributed by atoms with Crippen LogP contribution < -0.4 is 5.32 Å². The second kappa shape index (κ2) is 6.93. The van der Waals surface area contributed by atoms with Crippen LogP contribution in [0.25, 0.3) is 0 Å². The molecule has 1 atom stereocenters. The van der Waals surface area contributed by atoms with E-state index in [1.807, 2.05) is 0 Å². The van der Waals surface area contributed by atoms with Crippen molar-refractivity contribution in [3.63, 3.8) is 0 Å². The van der Waals surface area contributed by atoms with Gasteiger partial charge in [-0.1, -0.05) is 43.5 Å². The molecule has 1 saturated carbocycles. The SMILES string of the molecule is CC1(c2ccc(C3CCCCC3)cc2)CNCCO1.Cl. The molecule has 2 nitrogen and oxygen atoms in total. The van der Waals surface area contributed by atoms with Crippen LogP contribution in [-0.2, 0) is 10.3 Å². The first-order valence-electron chi connectivity index (χ1n) is 7.73. The van der Waals surface area contributed by atoms with Gasteiger partial charge in [0.1, 0.15) is 5.60 Å². The topological polar surface area (TPSA) is 21.3 Å². The fourth-order valence-electron chi connectivity index (χ4n) is 3.46. The summed E-state index contributed by atoms with van der Waals surface area (Å²) in [6.45, 7) is 4.88. The van der Waals surface area contributed by atoms with Crippen LogP contribution in [0.4, 0.5) is 0 Å². The predicted octanol–water partition coefficient (Wildman–Crippen LogP) is 3.99. The summed E-state index contributed by atoms with van der Waals surface area (Å²) in [7, 11) is 0. The molecule has 1 aromatic rings. The summed E-state index contributed by atoms with van der Waals surface area (Å²) >= 11 is 0. The second-order valence-electron chi connectivity index (χ2n) is 6.21. The summed E-state index contributed by atoms with van der Waals surface area (Å²) in [6, 6.07) is 9.21. The Bertz CT molecular complexity index is 406. The molecule has 1 aliphatic carbocycles. The first-order valence-corrected chi connectivity index (χ1v) is 7.73. The predicted molar refractivity (Wildman–Crippen MR) is 85.7 cm³/mol. The fraction of sp³-hybridized carbons (Fsp3) is 0.647. The van der Waals surface area contributed by atoms with Gasteiger partial charge in [-0.15, -0.1) is 12.4 Å². The van der Waals surface area contributed by atoms with Crippen LogP contribution in [0.3, 0.4) is 0 Å². The molecule has 0 aromatic heterocycles. The maximum atomic E-state index is 5.97. The van der Waals surface area contributed by atoms with Crippen molar-refractivity contribution < 1.29 is 4.74 Å². The molecule has 3 heteroatoms. The number of halogens is 1. The van der Waals surface area contributed by atoms with E-state index in [4.69, 9.17) is 4.74 Å². The van der Waals surface area contributed by atoms with Crippen LogP contribution in [0.5, 0.6) is 0 Å². The summed E-state index contributed by atoms with van der Waals surface area (Å²) in [6.07, 6.45) is 6.96. The Hall–Kier alpha value is -0.570. The van der Waals surface area contributed by atoms with E-state index < -0.39 is 0 Å². The van der Waals surface area contributed by atoms with E-state index >= 15 is 0 Å². The summed E-state index contributed by atoms with van der Waals surface area (Å²) in [4.78, 5) is 0. The van der Waals surface area contributed by atoms with Crippen molar-refractivity contribution >= 4 is 12.4 Å². The zero-order valence-corrected chi connectivity index (χ0v) is 13.2. The molecule has 20 heavy (non-hydrogen) atoms. The quantitative estimate of drug-likeness (QED) is 0.891. The Morgan fingerprint density at radius 3 is 2.40 bits per heavy atom. The first kappa shape index (κ1) is 15.8. The third-order valence-corrected chi connectivity index (χ3v) is 4.76. The van der Waals surface area contributed by atoms with Crippen LogP contribution in [0.1, 0.15) is 56.1 Å². The standard InChI is InChI=1S/C17H25NO.ClH/c1-17(13-18-11-12-19-17)16-9-7-15(8-10-16)14-5-3-2-4-6-14;/h7-10,14,18H,2-6,11-13H2,1H3;1H. The Morgan fingerprint density at radius 2 is 1.80 bits per heavy atom. The fourth-order valence-corrected chi connectivity index (χ4v) is 3.46. The molecule has 0 bridgehead atoms. The number of hydrogen-bond acceptors (Lipinski definition) is 2. The molecule has 1 unspecified atom stereocenters. The maximum Gasteiger partial charge on any atom is 0.103 e. The molecule has 0 amide bonds. The minimum atomic E-state index is -0.149. The Kier molecular flexibility index (Phi) is 5.48. The molecule has 1 N–H and O–H groups in total. The van der Waals surface area contributed by atoms with E-state index in [2.05, 4.69) is 36.5 Å². The number of hydrogen-bond donors (Lipinski definition) is 1. The van der Waals surface area contributed by atoms with E-state index in [-0.39, 0.29) is 18.0 Å². The van der Waals surface area contributed by atoms with E-state index in [1.54, 1.807) is 0 Å². The average Bonchev–Trinajstić information content (AvgIpc) is 2.49. The highest BCUT2D eigenvalue weighted by molar-refractivity contribution is 5.85. The Labute approximate surface area is 128 Å². The lowest BCUT2D eigenvalue weighted by molar-refractivity contribution is -0.0572. The maximum absolute atomic E-state index is 5.97. The summed E-state index contributed by atoms with van der Waals surface area (Å²) in [5, 5.41) is 3.43. The van der Waals surface area contributed by atoms with Crippen molar-refractivity contribution in [1.82, 2.24) is 5.32 Å². The van der Waals surface area contributed by atoms with Gasteiger partial charge in [0.05, 0.1) is 6.61 Å². The molecular formula is C17H26ClNO. The van der Waals surface area contributed by atoms with E-state index in [0.29, 0.717) is 0 Å². The average molecular weight is 296 g/mol. The van der Waals surface area contributed by atoms with Crippen LogP contribution in [0.15, 0.2) is 24.3 Å². The van der Waals surface area contributed by atoms with Gasteiger partial charge in [0.15, 0.2) is 0 Å². The summed E-state index contributed by atoms with van der Waals surface area (Å²) < 4.78 is 5.97. The molecule has 1 heterocycles. The first-order chi connectivity index (χ1) is 9.28. The molecule has 0 spiro atoms. The van der Waals surface area contributed by atoms with Crippen LogP contribution >= 0.6 is 12.4 Å². The van der Waals surface area contributed by atoms with Crippen molar-refractivity contribution in [1.29, 1.82) is 0 Å². The monoisotopic (exact) mass is 295 g/mol. The molecule has 3 rings (SSSR count). The normalized spacial score (nSPS) is 27.9. The lowest BCUT2D eigenvalue weighted by Gasteiger charge is -2.35. The molecular weight excluding hydrogens is 270 g/mol. The largest absolute Gasteiger partial charge is 0.368 e. The van der Waals surface area contributed by atoms with Crippen molar-refractivity contribution in [2.45, 2.75) is 50.5 Å². The lowest BCUT2D eigenvalue weighted by atomic mass is 9.83. The highest BCUT2D eigenvalue weighted by Gasteiger charge is 2.29. The number of benzene rings is 1. The van der Waals surface area contributed by atoms with Gasteiger partial charge < -0.3 is 10.1 Å². The highest BCUT2D eigenvalue weighted by atomic mass is 35.5. The van der Waals surface area contributed by atoms with Crippen LogP contribution in [0.2, 0.25) is 0 Å². The lowest BCUT2D eigenvalue weighted by Crippen LogP contribution is -2.45. The van der Waals surface area contributed by atoms with Crippen LogP contribution in [-0.4, -0.2) is 19.7 Å². The van der Waals surface area contributed by atoms with E-state index in [9.17, 15) is 0 Å². The molecule has 1 saturated heterocycles. The highest BCUT2D eigenvalue weighted by Crippen LogP contribution is 2.34. The Balaban J connectivity index is 0.00000147. The molecule has 2 aliphatic rings. The zero-order valence-electron chi connectivity index (χ0n) is 12.4. The number of rotatable bonds is 2. The van der Waals surface area contributed by atoms with E-state index in [1.165, 1.54) is 43.2 Å². The van der Waals surface area contributed by atoms with Gasteiger partial charge in [-0.3, -0.25) is 0 Å². The molecule has 0 radical (unpaired) electrons. The van der Waals surface area contributed by atoms with Gasteiger partial charge in [0, 0.05) is 13.1 Å². The molecule has 1 aliphatic heterocycles. The van der Waals surface area contributed by atoms with Crippen molar-refractivity contribution in [3.05, 3.63) is 35.4 Å². The number of nitrogens with one attached hydrogen (secondary N) is 1. The Morgan fingerprint density at radius 1 is 1.10 bits per heavy atom. The van der Waals surface area contributed by atoms with Gasteiger partial charge in [-0.05, 0) is 36.8 Å². The molecule has 1 aromatic carbocycles. The number of ether oxygens (including phenoxy) is 1. The minimum absolute atomic E-state index is 0. The number of morpholine rings is 1.